The van der Waals surface area contributed by atoms with Crippen molar-refractivity contribution >= 4 is 40.1 Å². The predicted octanol–water partition coefficient (Wildman–Crippen LogP) is 5.32. The summed E-state index contributed by atoms with van der Waals surface area (Å²) in [5.74, 6) is -2.38. The third-order valence-corrected chi connectivity index (χ3v) is 6.64. The van der Waals surface area contributed by atoms with Crippen molar-refractivity contribution in [3.63, 3.8) is 0 Å². The molecule has 2 N–H and O–H groups in total. The monoisotopic (exact) mass is 508 g/mol. The van der Waals surface area contributed by atoms with Crippen LogP contribution in [0.3, 0.4) is 0 Å². The van der Waals surface area contributed by atoms with E-state index >= 15 is 0 Å². The van der Waals surface area contributed by atoms with Crippen LogP contribution in [0.5, 0.6) is 0 Å². The van der Waals surface area contributed by atoms with Crippen LogP contribution in [0, 0.1) is 13.8 Å². The highest BCUT2D eigenvalue weighted by molar-refractivity contribution is 6.27. The lowest BCUT2D eigenvalue weighted by atomic mass is 9.88. The van der Waals surface area contributed by atoms with Gasteiger partial charge >= 0.3 is 11.9 Å². The summed E-state index contributed by atoms with van der Waals surface area (Å²) in [5.41, 5.74) is 4.85. The summed E-state index contributed by atoms with van der Waals surface area (Å²) in [7, 11) is 1.29. The van der Waals surface area contributed by atoms with Crippen molar-refractivity contribution in [3.8, 4) is 22.4 Å². The number of amides is 1. The second-order valence-electron chi connectivity index (χ2n) is 9.23. The first-order valence-electron chi connectivity index (χ1n) is 12.0. The number of methoxy groups -OCH3 is 1. The van der Waals surface area contributed by atoms with Gasteiger partial charge in [0.05, 0.1) is 36.0 Å². The van der Waals surface area contributed by atoms with Crippen molar-refractivity contribution in [2.75, 3.05) is 12.4 Å². The predicted molar refractivity (Wildman–Crippen MR) is 142 cm³/mol. The normalized spacial score (nSPS) is 11.7. The zero-order valence-corrected chi connectivity index (χ0v) is 21.0. The third kappa shape index (κ3) is 4.20. The molecule has 8 nitrogen and oxygen atoms in total. The van der Waals surface area contributed by atoms with Gasteiger partial charge in [0.15, 0.2) is 5.78 Å². The van der Waals surface area contributed by atoms with E-state index in [1.807, 2.05) is 43.3 Å². The number of carbonyl (C=O) groups is 4. The molecular weight excluding hydrogens is 484 g/mol. The van der Waals surface area contributed by atoms with E-state index < -0.39 is 17.8 Å². The molecule has 0 spiro atoms. The Morgan fingerprint density at radius 2 is 1.68 bits per heavy atom. The van der Waals surface area contributed by atoms with Gasteiger partial charge in [0.2, 0.25) is 5.91 Å². The van der Waals surface area contributed by atoms with Crippen molar-refractivity contribution in [3.05, 3.63) is 82.5 Å². The number of carboxylic acids is 1. The summed E-state index contributed by atoms with van der Waals surface area (Å²) >= 11 is 0. The molecule has 0 atom stereocenters. The molecule has 0 bridgehead atoms. The first-order chi connectivity index (χ1) is 18.2. The number of nitrogens with one attached hydrogen (secondary N) is 1. The van der Waals surface area contributed by atoms with Crippen LogP contribution in [0.1, 0.15) is 50.4 Å². The Kier molecular flexibility index (Phi) is 6.24. The van der Waals surface area contributed by atoms with E-state index in [-0.39, 0.29) is 24.2 Å². The number of nitrogens with zero attached hydrogens (tertiary/aromatic N) is 1. The smallest absolute Gasteiger partial charge is 0.340 e. The molecule has 1 heterocycles. The van der Waals surface area contributed by atoms with E-state index in [0.29, 0.717) is 39.3 Å². The number of rotatable bonds is 6. The van der Waals surface area contributed by atoms with Crippen LogP contribution in [0.25, 0.3) is 33.2 Å². The Morgan fingerprint density at radius 3 is 2.42 bits per heavy atom. The summed E-state index contributed by atoms with van der Waals surface area (Å²) in [6.07, 6.45) is -0.463. The van der Waals surface area contributed by atoms with Gasteiger partial charge in [0.25, 0.3) is 0 Å². The number of ether oxygens (including phenoxy) is 1. The van der Waals surface area contributed by atoms with Gasteiger partial charge in [-0.1, -0.05) is 36.4 Å². The lowest BCUT2D eigenvalue weighted by Gasteiger charge is -2.17. The van der Waals surface area contributed by atoms with Crippen LogP contribution in [-0.4, -0.2) is 40.8 Å². The molecule has 1 aliphatic carbocycles. The number of aromatic nitrogens is 1. The van der Waals surface area contributed by atoms with E-state index in [1.54, 1.807) is 25.1 Å². The molecule has 4 aromatic rings. The molecule has 1 amide bonds. The summed E-state index contributed by atoms with van der Waals surface area (Å²) < 4.78 is 5.12. The van der Waals surface area contributed by atoms with Crippen LogP contribution >= 0.6 is 0 Å². The number of anilines is 1. The van der Waals surface area contributed by atoms with Gasteiger partial charge in [-0.3, -0.25) is 19.4 Å². The van der Waals surface area contributed by atoms with E-state index in [4.69, 9.17) is 9.84 Å². The average Bonchev–Trinajstić information content (AvgIpc) is 3.16. The highest BCUT2D eigenvalue weighted by Gasteiger charge is 2.36. The minimum absolute atomic E-state index is 0.174. The number of hydrogen-bond acceptors (Lipinski definition) is 6. The number of esters is 1. The number of carbonyl (C=O) groups excluding carboxylic acids is 3. The summed E-state index contributed by atoms with van der Waals surface area (Å²) in [6.45, 7) is 3.66. The Morgan fingerprint density at radius 1 is 0.921 bits per heavy atom. The molecule has 1 aromatic heterocycles. The second-order valence-corrected chi connectivity index (χ2v) is 9.23. The Labute approximate surface area is 218 Å². The number of benzene rings is 3. The van der Waals surface area contributed by atoms with Crippen LogP contribution < -0.4 is 5.32 Å². The summed E-state index contributed by atoms with van der Waals surface area (Å²) in [4.78, 5) is 54.6. The van der Waals surface area contributed by atoms with Gasteiger partial charge in [0.1, 0.15) is 0 Å². The maximum atomic E-state index is 13.8. The molecule has 0 saturated carbocycles. The van der Waals surface area contributed by atoms with Crippen molar-refractivity contribution in [2.45, 2.75) is 26.7 Å². The Bertz CT molecular complexity index is 1690. The maximum absolute atomic E-state index is 13.8. The first kappa shape index (κ1) is 24.8. The fourth-order valence-corrected chi connectivity index (χ4v) is 5.00. The van der Waals surface area contributed by atoms with Crippen LogP contribution in [0.2, 0.25) is 0 Å². The van der Waals surface area contributed by atoms with Gasteiger partial charge in [-0.05, 0) is 53.9 Å². The molecule has 0 saturated heterocycles. The van der Waals surface area contributed by atoms with Gasteiger partial charge in [-0.15, -0.1) is 0 Å². The quantitative estimate of drug-likeness (QED) is 0.298. The SMILES string of the molecule is COC(=O)c1c(C)nc2c(c1-c1cc(C)cc3ccccc13)C(=O)c1ccc(NC(=O)CCC(=O)O)cc1-2. The van der Waals surface area contributed by atoms with E-state index in [2.05, 4.69) is 10.3 Å². The fraction of sp³-hybridized carbons (Fsp3) is 0.167. The second kappa shape index (κ2) is 9.55. The minimum Gasteiger partial charge on any atom is -0.481 e. The molecule has 0 fully saturated rings. The number of carboxylic acid groups (broad SMARTS) is 1. The standard InChI is InChI=1S/C30H24N2O6/c1-15-12-17-6-4-5-7-19(17)21(13-15)26-25(30(37)38-3)16(2)31-28-22-14-18(32-23(33)10-11-24(34)35)8-9-20(22)29(36)27(26)28/h4-9,12-14H,10-11H2,1-3H3,(H,32,33)(H,34,35). The average molecular weight is 509 g/mol. The highest BCUT2D eigenvalue weighted by Crippen LogP contribution is 2.45. The molecule has 3 aromatic carbocycles. The Hall–Kier alpha value is -4.85. The van der Waals surface area contributed by atoms with E-state index in [9.17, 15) is 19.2 Å². The largest absolute Gasteiger partial charge is 0.481 e. The van der Waals surface area contributed by atoms with Crippen LogP contribution in [0.15, 0.2) is 54.6 Å². The molecule has 0 unspecified atom stereocenters. The number of hydrogen-bond donors (Lipinski definition) is 2. The van der Waals surface area contributed by atoms with E-state index in [1.165, 1.54) is 7.11 Å². The topological polar surface area (TPSA) is 123 Å². The van der Waals surface area contributed by atoms with Gasteiger partial charge < -0.3 is 15.2 Å². The van der Waals surface area contributed by atoms with Crippen molar-refractivity contribution in [1.29, 1.82) is 0 Å². The van der Waals surface area contributed by atoms with Crippen LogP contribution in [0.4, 0.5) is 5.69 Å². The number of aryl methyl sites for hydroxylation is 2. The number of aliphatic carboxylic acids is 1. The zero-order chi connectivity index (χ0) is 27.1. The van der Waals surface area contributed by atoms with Crippen molar-refractivity contribution in [2.24, 2.45) is 0 Å². The number of ketones is 1. The summed E-state index contributed by atoms with van der Waals surface area (Å²) in [6, 6.07) is 16.6. The number of fused-ring (bicyclic) bond motifs is 4. The highest BCUT2D eigenvalue weighted by atomic mass is 16.5. The van der Waals surface area contributed by atoms with E-state index in [0.717, 1.165) is 21.9 Å². The molecule has 190 valence electrons. The third-order valence-electron chi connectivity index (χ3n) is 6.64. The molecule has 8 heteroatoms. The van der Waals surface area contributed by atoms with Crippen LogP contribution in [-0.2, 0) is 14.3 Å². The number of pyridine rings is 1. The molecule has 0 radical (unpaired) electrons. The summed E-state index contributed by atoms with van der Waals surface area (Å²) in [5, 5.41) is 13.4. The molecular formula is C30H24N2O6. The maximum Gasteiger partial charge on any atom is 0.340 e. The lowest BCUT2D eigenvalue weighted by Crippen LogP contribution is -2.13. The fourth-order valence-electron chi connectivity index (χ4n) is 5.00. The van der Waals surface area contributed by atoms with Gasteiger partial charge in [0, 0.05) is 28.8 Å². The zero-order valence-electron chi connectivity index (χ0n) is 21.0. The van der Waals surface area contributed by atoms with Crippen molar-refractivity contribution < 1.29 is 29.0 Å². The Balaban J connectivity index is 1.74. The minimum atomic E-state index is -1.06. The van der Waals surface area contributed by atoms with Crippen molar-refractivity contribution in [1.82, 2.24) is 4.98 Å². The van der Waals surface area contributed by atoms with Gasteiger partial charge in [-0.2, -0.15) is 0 Å². The first-order valence-corrected chi connectivity index (χ1v) is 12.0. The van der Waals surface area contributed by atoms with Gasteiger partial charge in [-0.25, -0.2) is 4.79 Å². The molecule has 1 aliphatic rings. The lowest BCUT2D eigenvalue weighted by molar-refractivity contribution is -0.138. The molecule has 38 heavy (non-hydrogen) atoms. The molecule has 5 rings (SSSR count). The molecule has 0 aliphatic heterocycles.